The van der Waals surface area contributed by atoms with Gasteiger partial charge in [-0.1, -0.05) is 48.5 Å². The largest absolute Gasteiger partial charge is 0.293 e. The van der Waals surface area contributed by atoms with Crippen LogP contribution in [0, 0.1) is 12.8 Å². The van der Waals surface area contributed by atoms with Crippen molar-refractivity contribution in [2.45, 2.75) is 38.1 Å². The molecule has 1 aliphatic carbocycles. The number of ketones is 1. The molecule has 1 aromatic carbocycles. The van der Waals surface area contributed by atoms with Crippen molar-refractivity contribution in [3.63, 3.8) is 0 Å². The molecular weight excluding hydrogens is 348 g/mol. The predicted octanol–water partition coefficient (Wildman–Crippen LogP) is 5.10. The minimum absolute atomic E-state index is 0.148. The van der Waals surface area contributed by atoms with Gasteiger partial charge in [0.2, 0.25) is 0 Å². The van der Waals surface area contributed by atoms with Crippen molar-refractivity contribution >= 4 is 39.1 Å². The van der Waals surface area contributed by atoms with Crippen LogP contribution in [-0.2, 0) is 12.8 Å². The molecule has 1 aliphatic rings. The van der Waals surface area contributed by atoms with Crippen LogP contribution in [0.1, 0.15) is 39.7 Å². The number of aryl methyl sites for hydroxylation is 2. The highest BCUT2D eigenvalue weighted by atomic mass is 32.2. The van der Waals surface area contributed by atoms with Crippen molar-refractivity contribution in [3.05, 3.63) is 52.2 Å². The van der Waals surface area contributed by atoms with Crippen LogP contribution in [0.15, 0.2) is 35.6 Å². The van der Waals surface area contributed by atoms with Crippen LogP contribution >= 0.6 is 23.1 Å². The van der Waals surface area contributed by atoms with E-state index >= 15 is 0 Å². The fourth-order valence-corrected chi connectivity index (χ4v) is 5.65. The molecule has 5 heteroatoms. The number of hydrogen-bond acceptors (Lipinski definition) is 5. The Kier molecular flexibility index (Phi) is 4.61. The van der Waals surface area contributed by atoms with Crippen LogP contribution in [0.3, 0.4) is 0 Å². The molecule has 0 bridgehead atoms. The van der Waals surface area contributed by atoms with E-state index in [4.69, 9.17) is 0 Å². The lowest BCUT2D eigenvalue weighted by molar-refractivity contribution is 0.102. The molecule has 128 valence electrons. The van der Waals surface area contributed by atoms with Crippen molar-refractivity contribution in [1.29, 1.82) is 0 Å². The number of nitrogens with zero attached hydrogens (tertiary/aromatic N) is 2. The van der Waals surface area contributed by atoms with E-state index in [1.807, 2.05) is 31.2 Å². The first-order valence-electron chi connectivity index (χ1n) is 8.59. The number of hydrogen-bond donors (Lipinski definition) is 0. The minimum atomic E-state index is 0.148. The van der Waals surface area contributed by atoms with Gasteiger partial charge in [-0.15, -0.1) is 11.3 Å². The fraction of sp³-hybridized carbons (Fsp3) is 0.350. The summed E-state index contributed by atoms with van der Waals surface area (Å²) in [6, 6.07) is 7.78. The molecule has 2 heterocycles. The maximum absolute atomic E-state index is 12.5. The molecule has 0 amide bonds. The average Bonchev–Trinajstić information content (AvgIpc) is 2.98. The molecular formula is C20H20N2OS2. The second-order valence-electron chi connectivity index (χ2n) is 6.79. The molecule has 1 atom stereocenters. The summed E-state index contributed by atoms with van der Waals surface area (Å²) in [6.45, 7) is 4.34. The quantitative estimate of drug-likeness (QED) is 0.365. The average molecular weight is 369 g/mol. The molecule has 0 radical (unpaired) electrons. The highest BCUT2D eigenvalue weighted by Gasteiger charge is 2.23. The first-order chi connectivity index (χ1) is 12.1. The van der Waals surface area contributed by atoms with Gasteiger partial charge in [-0.25, -0.2) is 9.97 Å². The number of aromatic nitrogens is 2. The summed E-state index contributed by atoms with van der Waals surface area (Å²) in [5.41, 5.74) is 3.36. The summed E-state index contributed by atoms with van der Waals surface area (Å²) in [5.74, 6) is 1.30. The van der Waals surface area contributed by atoms with E-state index in [1.165, 1.54) is 27.8 Å². The van der Waals surface area contributed by atoms with E-state index < -0.39 is 0 Å². The normalized spacial score (nSPS) is 16.8. The van der Waals surface area contributed by atoms with E-state index in [0.717, 1.165) is 34.2 Å². The Bertz CT molecular complexity index is 931. The van der Waals surface area contributed by atoms with Gasteiger partial charge in [-0.05, 0) is 37.7 Å². The smallest absolute Gasteiger partial charge is 0.173 e. The number of benzene rings is 1. The Morgan fingerprint density at radius 2 is 2.08 bits per heavy atom. The summed E-state index contributed by atoms with van der Waals surface area (Å²) in [7, 11) is 0. The van der Waals surface area contributed by atoms with E-state index in [1.54, 1.807) is 29.4 Å². The molecule has 0 fully saturated rings. The molecule has 3 aromatic rings. The Morgan fingerprint density at radius 3 is 2.88 bits per heavy atom. The van der Waals surface area contributed by atoms with Crippen LogP contribution in [-0.4, -0.2) is 21.5 Å². The summed E-state index contributed by atoms with van der Waals surface area (Å²) in [4.78, 5) is 24.0. The lowest BCUT2D eigenvalue weighted by Crippen LogP contribution is -2.09. The number of thioether (sulfide) groups is 1. The number of fused-ring (bicyclic) bond motifs is 3. The first kappa shape index (κ1) is 16.7. The molecule has 25 heavy (non-hydrogen) atoms. The lowest BCUT2D eigenvalue weighted by atomic mass is 9.89. The SMILES string of the molecule is Cc1ccc(C(=O)CSc2ncnc3sc4c(c23)CC[C@H](C)C4)cc1. The molecule has 0 saturated heterocycles. The van der Waals surface area contributed by atoms with Gasteiger partial charge >= 0.3 is 0 Å². The van der Waals surface area contributed by atoms with Gasteiger partial charge in [0.05, 0.1) is 5.75 Å². The molecule has 4 rings (SSSR count). The molecule has 3 nitrogen and oxygen atoms in total. The zero-order valence-corrected chi connectivity index (χ0v) is 16.0. The Balaban J connectivity index is 1.59. The van der Waals surface area contributed by atoms with Gasteiger partial charge < -0.3 is 0 Å². The standard InChI is InChI=1S/C20H20N2OS2/c1-12-3-6-14(7-4-12)16(23)10-24-19-18-15-8-5-13(2)9-17(15)25-20(18)22-11-21-19/h3-4,6-7,11,13H,5,8-10H2,1-2H3/t13-/m0/s1. The summed E-state index contributed by atoms with van der Waals surface area (Å²) < 4.78 is 0. The minimum Gasteiger partial charge on any atom is -0.293 e. The number of Topliss-reactive ketones (excluding diaryl/α,β-unsaturated/α-hetero) is 1. The van der Waals surface area contributed by atoms with E-state index in [9.17, 15) is 4.79 Å². The van der Waals surface area contributed by atoms with Crippen LogP contribution in [0.2, 0.25) is 0 Å². The highest BCUT2D eigenvalue weighted by molar-refractivity contribution is 8.00. The third-order valence-electron chi connectivity index (χ3n) is 4.77. The maximum Gasteiger partial charge on any atom is 0.173 e. The number of carbonyl (C=O) groups excluding carboxylic acids is 1. The van der Waals surface area contributed by atoms with E-state index in [-0.39, 0.29) is 5.78 Å². The van der Waals surface area contributed by atoms with Crippen LogP contribution in [0.4, 0.5) is 0 Å². The van der Waals surface area contributed by atoms with Gasteiger partial charge in [0.25, 0.3) is 0 Å². The Hall–Kier alpha value is -1.72. The van der Waals surface area contributed by atoms with Crippen LogP contribution < -0.4 is 0 Å². The summed E-state index contributed by atoms with van der Waals surface area (Å²) in [5, 5.41) is 2.15. The monoisotopic (exact) mass is 368 g/mol. The second kappa shape index (κ2) is 6.89. The van der Waals surface area contributed by atoms with Crippen molar-refractivity contribution < 1.29 is 4.79 Å². The molecule has 0 saturated carbocycles. The van der Waals surface area contributed by atoms with Crippen molar-refractivity contribution in [1.82, 2.24) is 9.97 Å². The zero-order chi connectivity index (χ0) is 17.4. The van der Waals surface area contributed by atoms with E-state index in [0.29, 0.717) is 5.75 Å². The van der Waals surface area contributed by atoms with E-state index in [2.05, 4.69) is 16.9 Å². The third kappa shape index (κ3) is 3.35. The highest BCUT2D eigenvalue weighted by Crippen LogP contribution is 2.40. The molecule has 0 spiro atoms. The van der Waals surface area contributed by atoms with Gasteiger partial charge in [0.15, 0.2) is 5.78 Å². The first-order valence-corrected chi connectivity index (χ1v) is 10.4. The number of carbonyl (C=O) groups is 1. The van der Waals surface area contributed by atoms with Gasteiger partial charge in [0.1, 0.15) is 16.2 Å². The summed E-state index contributed by atoms with van der Waals surface area (Å²) in [6.07, 6.45) is 5.10. The third-order valence-corrected chi connectivity index (χ3v) is 6.92. The van der Waals surface area contributed by atoms with Crippen molar-refractivity contribution in [3.8, 4) is 0 Å². The van der Waals surface area contributed by atoms with Crippen LogP contribution in [0.5, 0.6) is 0 Å². The van der Waals surface area contributed by atoms with Gasteiger partial charge in [-0.2, -0.15) is 0 Å². The lowest BCUT2D eigenvalue weighted by Gasteiger charge is -2.18. The topological polar surface area (TPSA) is 42.9 Å². The Labute approximate surface area is 155 Å². The van der Waals surface area contributed by atoms with Crippen LogP contribution in [0.25, 0.3) is 10.2 Å². The second-order valence-corrected chi connectivity index (χ2v) is 8.84. The fourth-order valence-electron chi connectivity index (χ4n) is 3.31. The van der Waals surface area contributed by atoms with Gasteiger partial charge in [0, 0.05) is 15.8 Å². The van der Waals surface area contributed by atoms with Crippen molar-refractivity contribution in [2.75, 3.05) is 5.75 Å². The zero-order valence-electron chi connectivity index (χ0n) is 14.4. The van der Waals surface area contributed by atoms with Gasteiger partial charge in [-0.3, -0.25) is 4.79 Å². The van der Waals surface area contributed by atoms with Crippen molar-refractivity contribution in [2.24, 2.45) is 5.92 Å². The summed E-state index contributed by atoms with van der Waals surface area (Å²) >= 11 is 3.34. The molecule has 0 aliphatic heterocycles. The Morgan fingerprint density at radius 1 is 1.28 bits per heavy atom. The molecule has 2 aromatic heterocycles. The number of rotatable bonds is 4. The molecule has 0 unspecified atom stereocenters. The molecule has 0 N–H and O–H groups in total. The predicted molar refractivity (Wildman–Crippen MR) is 105 cm³/mol. The number of thiophene rings is 1. The maximum atomic E-state index is 12.5.